The summed E-state index contributed by atoms with van der Waals surface area (Å²) in [6.07, 6.45) is 0.961. The predicted molar refractivity (Wildman–Crippen MR) is 150 cm³/mol. The zero-order valence-corrected chi connectivity index (χ0v) is 22.9. The number of halogens is 3. The van der Waals surface area contributed by atoms with E-state index in [0.717, 1.165) is 6.07 Å². The molecular formula is C30H28F3N5O4. The van der Waals surface area contributed by atoms with Crippen LogP contribution in [0.2, 0.25) is 0 Å². The fraction of sp³-hybridized carbons (Fsp3) is 0.267. The summed E-state index contributed by atoms with van der Waals surface area (Å²) in [5.74, 6) is -0.206. The Balaban J connectivity index is 1.36. The van der Waals surface area contributed by atoms with Crippen LogP contribution in [0.5, 0.6) is 0 Å². The van der Waals surface area contributed by atoms with Crippen LogP contribution in [0, 0.1) is 0 Å². The summed E-state index contributed by atoms with van der Waals surface area (Å²) in [6, 6.07) is 10.3. The molecule has 1 aliphatic rings. The maximum absolute atomic E-state index is 14.0. The average Bonchev–Trinajstić information content (AvgIpc) is 3.37. The molecule has 4 aromatic rings. The third-order valence-corrected chi connectivity index (χ3v) is 6.84. The van der Waals surface area contributed by atoms with Crippen LogP contribution in [0.25, 0.3) is 28.3 Å². The Morgan fingerprint density at radius 3 is 2.60 bits per heavy atom. The van der Waals surface area contributed by atoms with Gasteiger partial charge in [-0.3, -0.25) is 14.6 Å². The number of alkyl halides is 3. The second-order valence-corrected chi connectivity index (χ2v) is 10.5. The number of nitrogens with zero attached hydrogens (tertiary/aromatic N) is 3. The maximum atomic E-state index is 14.0. The highest BCUT2D eigenvalue weighted by Gasteiger charge is 2.36. The van der Waals surface area contributed by atoms with Crippen LogP contribution < -0.4 is 11.1 Å². The van der Waals surface area contributed by atoms with Gasteiger partial charge in [0.15, 0.2) is 0 Å². The van der Waals surface area contributed by atoms with Crippen LogP contribution in [0.1, 0.15) is 41.1 Å². The number of ether oxygens (including phenoxy) is 1. The van der Waals surface area contributed by atoms with Crippen molar-refractivity contribution < 1.29 is 31.9 Å². The van der Waals surface area contributed by atoms with Crippen LogP contribution in [0.15, 0.2) is 65.4 Å². The summed E-state index contributed by atoms with van der Waals surface area (Å²) >= 11 is 0. The first-order chi connectivity index (χ1) is 19.9. The maximum Gasteiger partial charge on any atom is 0.420 e. The van der Waals surface area contributed by atoms with Crippen LogP contribution in [0.3, 0.4) is 0 Å². The van der Waals surface area contributed by atoms with Crippen molar-refractivity contribution in [3.63, 3.8) is 0 Å². The van der Waals surface area contributed by atoms with Gasteiger partial charge in [0.2, 0.25) is 5.91 Å². The predicted octanol–water partition coefficient (Wildman–Crippen LogP) is 5.07. The van der Waals surface area contributed by atoms with Crippen molar-refractivity contribution in [2.75, 3.05) is 25.5 Å². The number of aromatic nitrogens is 2. The van der Waals surface area contributed by atoms with E-state index in [1.54, 1.807) is 23.1 Å². The van der Waals surface area contributed by atoms with Crippen molar-refractivity contribution in [2.45, 2.75) is 32.1 Å². The lowest BCUT2D eigenvalue weighted by molar-refractivity contribution is -0.136. The summed E-state index contributed by atoms with van der Waals surface area (Å²) in [7, 11) is 0. The molecule has 5 rings (SSSR count). The molecule has 1 saturated heterocycles. The van der Waals surface area contributed by atoms with E-state index >= 15 is 0 Å². The number of morpholine rings is 1. The number of anilines is 1. The molecule has 3 aromatic heterocycles. The number of hydrogen-bond donors (Lipinski definition) is 2. The van der Waals surface area contributed by atoms with Crippen molar-refractivity contribution in [1.82, 2.24) is 20.2 Å². The molecule has 4 heterocycles. The molecule has 2 amide bonds. The minimum Gasteiger partial charge on any atom is -0.459 e. The number of fused-ring (bicyclic) bond motifs is 1. The molecule has 0 atom stereocenters. The fourth-order valence-corrected chi connectivity index (χ4v) is 4.65. The topological polar surface area (TPSA) is 124 Å². The summed E-state index contributed by atoms with van der Waals surface area (Å²) in [5.41, 5.74) is 5.18. The van der Waals surface area contributed by atoms with Crippen LogP contribution in [0.4, 0.5) is 19.0 Å². The summed E-state index contributed by atoms with van der Waals surface area (Å²) in [6.45, 7) is 4.94. The molecule has 0 bridgehead atoms. The zero-order chi connectivity index (χ0) is 30.1. The van der Waals surface area contributed by atoms with E-state index in [4.69, 9.17) is 14.9 Å². The lowest BCUT2D eigenvalue weighted by Crippen LogP contribution is -2.55. The van der Waals surface area contributed by atoms with Crippen molar-refractivity contribution in [3.8, 4) is 11.3 Å². The van der Waals surface area contributed by atoms with Crippen molar-refractivity contribution >= 4 is 34.7 Å². The molecule has 1 aromatic carbocycles. The number of nitrogens with one attached hydrogen (secondary N) is 1. The molecule has 0 aliphatic carbocycles. The van der Waals surface area contributed by atoms with E-state index in [2.05, 4.69) is 15.3 Å². The molecule has 1 fully saturated rings. The smallest absolute Gasteiger partial charge is 0.420 e. The van der Waals surface area contributed by atoms with E-state index < -0.39 is 23.2 Å². The summed E-state index contributed by atoms with van der Waals surface area (Å²) in [4.78, 5) is 35.3. The number of amides is 2. The number of carbonyl (C=O) groups excluding carboxylic acids is 2. The normalized spacial score (nSPS) is 15.3. The van der Waals surface area contributed by atoms with Crippen molar-refractivity contribution in [3.05, 3.63) is 83.4 Å². The van der Waals surface area contributed by atoms with Gasteiger partial charge in [-0.25, -0.2) is 4.98 Å². The Bertz CT molecular complexity index is 1640. The van der Waals surface area contributed by atoms with E-state index in [1.807, 2.05) is 13.8 Å². The molecule has 0 saturated carbocycles. The number of carbonyl (C=O) groups is 2. The van der Waals surface area contributed by atoms with E-state index in [-0.39, 0.29) is 40.4 Å². The van der Waals surface area contributed by atoms with Crippen LogP contribution in [-0.4, -0.2) is 52.0 Å². The van der Waals surface area contributed by atoms with Crippen LogP contribution >= 0.6 is 0 Å². The minimum atomic E-state index is -4.71. The second kappa shape index (κ2) is 11.3. The molecule has 42 heavy (non-hydrogen) atoms. The standard InChI is InChI=1S/C30H28F3N5O4/c1-29(2)17-41-10-9-38(29)28(40)19-5-6-24(35-15-19)20-11-21-12-22(42-27(21)23(13-20)30(31,32)33)16-37-26(39)8-4-18-3-7-25(34)36-14-18/h3-8,11-15H,9-10,16-17H2,1-2H3,(H2,34,36)(H,37,39). The Hall–Kier alpha value is -4.71. The molecule has 12 heteroatoms. The molecule has 0 radical (unpaired) electrons. The van der Waals surface area contributed by atoms with Gasteiger partial charge in [-0.05, 0) is 68.0 Å². The number of rotatable bonds is 6. The first kappa shape index (κ1) is 28.8. The van der Waals surface area contributed by atoms with Crippen LogP contribution in [-0.2, 0) is 22.3 Å². The van der Waals surface area contributed by atoms with Gasteiger partial charge >= 0.3 is 6.18 Å². The van der Waals surface area contributed by atoms with E-state index in [1.165, 1.54) is 42.7 Å². The van der Waals surface area contributed by atoms with Gasteiger partial charge < -0.3 is 25.1 Å². The van der Waals surface area contributed by atoms with Gasteiger partial charge in [-0.15, -0.1) is 0 Å². The first-order valence-corrected chi connectivity index (χ1v) is 13.1. The molecular weight excluding hydrogens is 551 g/mol. The lowest BCUT2D eigenvalue weighted by atomic mass is 10.0. The monoisotopic (exact) mass is 579 g/mol. The van der Waals surface area contributed by atoms with Gasteiger partial charge in [-0.2, -0.15) is 13.2 Å². The Kier molecular flexibility index (Phi) is 7.74. The fourth-order valence-electron chi connectivity index (χ4n) is 4.65. The van der Waals surface area contributed by atoms with Crippen molar-refractivity contribution in [2.24, 2.45) is 0 Å². The highest BCUT2D eigenvalue weighted by molar-refractivity contribution is 5.95. The molecule has 218 valence electrons. The molecule has 0 spiro atoms. The third kappa shape index (κ3) is 6.28. The Labute approximate surface area is 239 Å². The summed E-state index contributed by atoms with van der Waals surface area (Å²) in [5, 5.41) is 2.79. The third-order valence-electron chi connectivity index (χ3n) is 6.84. The highest BCUT2D eigenvalue weighted by atomic mass is 19.4. The van der Waals surface area contributed by atoms with Gasteiger partial charge in [0.1, 0.15) is 17.2 Å². The van der Waals surface area contributed by atoms with Gasteiger partial charge in [-0.1, -0.05) is 0 Å². The molecule has 3 N–H and O–H groups in total. The van der Waals surface area contributed by atoms with Gasteiger partial charge in [0, 0.05) is 36.0 Å². The number of hydrogen-bond acceptors (Lipinski definition) is 7. The Morgan fingerprint density at radius 2 is 1.93 bits per heavy atom. The number of benzene rings is 1. The lowest BCUT2D eigenvalue weighted by Gasteiger charge is -2.42. The minimum absolute atomic E-state index is 0.128. The average molecular weight is 580 g/mol. The number of nitrogen functional groups attached to an aromatic ring is 1. The largest absolute Gasteiger partial charge is 0.459 e. The molecule has 9 nitrogen and oxygen atoms in total. The molecule has 1 aliphatic heterocycles. The number of nitrogens with two attached hydrogens (primary N) is 1. The number of furan rings is 1. The van der Waals surface area contributed by atoms with Gasteiger partial charge in [0.05, 0.1) is 42.1 Å². The van der Waals surface area contributed by atoms with E-state index in [9.17, 15) is 22.8 Å². The quantitative estimate of drug-likeness (QED) is 0.306. The zero-order valence-electron chi connectivity index (χ0n) is 22.9. The Morgan fingerprint density at radius 1 is 1.12 bits per heavy atom. The SMILES string of the molecule is CC1(C)COCCN1C(=O)c1ccc(-c2cc(C(F)(F)F)c3oc(CNC(=O)C=Cc4ccc(N)nc4)cc3c2)nc1. The van der Waals surface area contributed by atoms with Gasteiger partial charge in [0.25, 0.3) is 5.91 Å². The molecule has 0 unspecified atom stereocenters. The first-order valence-electron chi connectivity index (χ1n) is 13.1. The second-order valence-electron chi connectivity index (χ2n) is 10.5. The number of pyridine rings is 2. The van der Waals surface area contributed by atoms with Crippen molar-refractivity contribution in [1.29, 1.82) is 0 Å². The van der Waals surface area contributed by atoms with E-state index in [0.29, 0.717) is 36.7 Å². The summed E-state index contributed by atoms with van der Waals surface area (Å²) < 4.78 is 53.1. The highest BCUT2D eigenvalue weighted by Crippen LogP contribution is 2.39.